The number of rotatable bonds is 6. The summed E-state index contributed by atoms with van der Waals surface area (Å²) in [5.41, 5.74) is 17.5. The van der Waals surface area contributed by atoms with Gasteiger partial charge < -0.3 is 9.80 Å². The van der Waals surface area contributed by atoms with Crippen molar-refractivity contribution in [3.05, 3.63) is 204 Å². The van der Waals surface area contributed by atoms with Crippen molar-refractivity contribution in [3.63, 3.8) is 0 Å². The summed E-state index contributed by atoms with van der Waals surface area (Å²) < 4.78 is 0. The highest BCUT2D eigenvalue weighted by Gasteiger charge is 2.43. The monoisotopic (exact) mass is 694 g/mol. The first-order valence-electron chi connectivity index (χ1n) is 19.0. The second-order valence-electron chi connectivity index (χ2n) is 15.8. The van der Waals surface area contributed by atoms with Gasteiger partial charge in [-0.3, -0.25) is 0 Å². The molecule has 0 atom stereocenters. The molecule has 260 valence electrons. The highest BCUT2D eigenvalue weighted by molar-refractivity contribution is 6.10. The smallest absolute Gasteiger partial charge is 0.0543 e. The topological polar surface area (TPSA) is 6.48 Å². The maximum atomic E-state index is 2.54. The zero-order chi connectivity index (χ0) is 36.6. The zero-order valence-electron chi connectivity index (χ0n) is 31.2. The molecule has 2 aliphatic carbocycles. The fraction of sp³-hybridized carbons (Fsp3) is 0.115. The number of hydrogen-bond donors (Lipinski definition) is 0. The Morgan fingerprint density at radius 1 is 0.315 bits per heavy atom. The molecule has 2 heteroatoms. The maximum absolute atomic E-state index is 2.54. The van der Waals surface area contributed by atoms with E-state index in [1.807, 2.05) is 0 Å². The molecule has 0 spiro atoms. The van der Waals surface area contributed by atoms with Crippen molar-refractivity contribution in [1.82, 2.24) is 0 Å². The Bertz CT molecular complexity index is 2620. The average Bonchev–Trinajstić information content (AvgIpc) is 3.57. The van der Waals surface area contributed by atoms with Crippen molar-refractivity contribution >= 4 is 44.9 Å². The van der Waals surface area contributed by atoms with E-state index >= 15 is 0 Å². The Balaban J connectivity index is 1.15. The maximum Gasteiger partial charge on any atom is 0.0543 e. The highest BCUT2D eigenvalue weighted by atomic mass is 15.1. The third-order valence-electron chi connectivity index (χ3n) is 12.0. The SMILES string of the molecule is CC1(C)c2cc(N(c3ccccc3)c3ccccc3)ccc2-c2cc3c(cc21)-c1c(cc(N(c2ccccc2)c2ccccc2)c2ccccc12)C3(C)C. The van der Waals surface area contributed by atoms with Crippen molar-refractivity contribution in [1.29, 1.82) is 0 Å². The molecule has 0 heterocycles. The van der Waals surface area contributed by atoms with Crippen LogP contribution in [0.4, 0.5) is 34.1 Å². The summed E-state index contributed by atoms with van der Waals surface area (Å²) in [5.74, 6) is 0. The Labute approximate surface area is 318 Å². The molecule has 0 aromatic heterocycles. The predicted octanol–water partition coefficient (Wildman–Crippen LogP) is 14.4. The lowest BCUT2D eigenvalue weighted by Gasteiger charge is -2.29. The molecule has 0 fully saturated rings. The van der Waals surface area contributed by atoms with Crippen LogP contribution in [-0.2, 0) is 10.8 Å². The van der Waals surface area contributed by atoms with Crippen LogP contribution in [0.15, 0.2) is 182 Å². The van der Waals surface area contributed by atoms with Crippen LogP contribution in [-0.4, -0.2) is 0 Å². The standard InChI is InChI=1S/C52H42N2/c1-51(2)45-31-39(53(35-19-9-5-10-20-35)36-21-11-6-12-22-36)29-30-40(45)43-32-47-44(33-46(43)51)50-42-28-18-17-27-41(42)49(34-48(50)52(47,3)4)54(37-23-13-7-14-24-37)38-25-15-8-16-26-38/h5-34H,1-4H3. The van der Waals surface area contributed by atoms with Crippen LogP contribution in [0.5, 0.6) is 0 Å². The summed E-state index contributed by atoms with van der Waals surface area (Å²) in [4.78, 5) is 4.80. The van der Waals surface area contributed by atoms with E-state index < -0.39 is 0 Å². The van der Waals surface area contributed by atoms with Crippen LogP contribution >= 0.6 is 0 Å². The second kappa shape index (κ2) is 12.1. The molecule has 8 aromatic carbocycles. The number of fused-ring (bicyclic) bond motifs is 8. The lowest BCUT2D eigenvalue weighted by atomic mass is 9.79. The summed E-state index contributed by atoms with van der Waals surface area (Å²) in [6.07, 6.45) is 0. The third-order valence-corrected chi connectivity index (χ3v) is 12.0. The van der Waals surface area contributed by atoms with Gasteiger partial charge in [0, 0.05) is 44.7 Å². The van der Waals surface area contributed by atoms with Gasteiger partial charge in [-0.25, -0.2) is 0 Å². The van der Waals surface area contributed by atoms with Crippen molar-refractivity contribution in [3.8, 4) is 22.3 Å². The normalized spacial score (nSPS) is 14.2. The van der Waals surface area contributed by atoms with Gasteiger partial charge in [0.05, 0.1) is 5.69 Å². The number of nitrogens with zero attached hydrogens (tertiary/aromatic N) is 2. The Hall–Kier alpha value is -6.38. The first-order valence-corrected chi connectivity index (χ1v) is 19.0. The van der Waals surface area contributed by atoms with Crippen molar-refractivity contribution in [2.45, 2.75) is 38.5 Å². The van der Waals surface area contributed by atoms with Crippen molar-refractivity contribution in [2.75, 3.05) is 9.80 Å². The van der Waals surface area contributed by atoms with E-state index in [1.165, 1.54) is 66.7 Å². The predicted molar refractivity (Wildman–Crippen MR) is 228 cm³/mol. The first kappa shape index (κ1) is 32.3. The molecule has 54 heavy (non-hydrogen) atoms. The van der Waals surface area contributed by atoms with Crippen LogP contribution in [0.2, 0.25) is 0 Å². The van der Waals surface area contributed by atoms with E-state index in [-0.39, 0.29) is 10.8 Å². The quantitative estimate of drug-likeness (QED) is 0.171. The van der Waals surface area contributed by atoms with Gasteiger partial charge in [-0.05, 0) is 129 Å². The van der Waals surface area contributed by atoms with E-state index in [1.54, 1.807) is 0 Å². The number of benzene rings is 8. The zero-order valence-corrected chi connectivity index (χ0v) is 31.2. The van der Waals surface area contributed by atoms with E-state index in [4.69, 9.17) is 0 Å². The van der Waals surface area contributed by atoms with Crippen molar-refractivity contribution < 1.29 is 0 Å². The lowest BCUT2D eigenvalue weighted by molar-refractivity contribution is 0.652. The van der Waals surface area contributed by atoms with E-state index in [0.717, 1.165) is 22.7 Å². The summed E-state index contributed by atoms with van der Waals surface area (Å²) in [7, 11) is 0. The van der Waals surface area contributed by atoms with Crippen molar-refractivity contribution in [2.24, 2.45) is 0 Å². The number of para-hydroxylation sites is 4. The second-order valence-corrected chi connectivity index (χ2v) is 15.8. The summed E-state index contributed by atoms with van der Waals surface area (Å²) in [5, 5.41) is 2.55. The molecule has 0 radical (unpaired) electrons. The Kier molecular flexibility index (Phi) is 7.22. The molecule has 2 nitrogen and oxygen atoms in total. The molecular formula is C52H42N2. The van der Waals surface area contributed by atoms with Crippen LogP contribution in [0, 0.1) is 0 Å². The fourth-order valence-electron chi connectivity index (χ4n) is 9.28. The minimum atomic E-state index is -0.207. The Morgan fingerprint density at radius 3 is 1.30 bits per heavy atom. The van der Waals surface area contributed by atoms with Gasteiger partial charge in [0.1, 0.15) is 0 Å². The molecule has 0 bridgehead atoms. The molecule has 2 aliphatic rings. The minimum absolute atomic E-state index is 0.186. The number of anilines is 6. The summed E-state index contributed by atoms with van der Waals surface area (Å²) in [6.45, 7) is 9.64. The molecule has 0 amide bonds. The van der Waals surface area contributed by atoms with Gasteiger partial charge in [0.25, 0.3) is 0 Å². The van der Waals surface area contributed by atoms with Crippen LogP contribution in [0.3, 0.4) is 0 Å². The van der Waals surface area contributed by atoms with Gasteiger partial charge in [0.15, 0.2) is 0 Å². The van der Waals surface area contributed by atoms with Gasteiger partial charge >= 0.3 is 0 Å². The molecule has 0 aliphatic heterocycles. The van der Waals surface area contributed by atoms with E-state index in [0.29, 0.717) is 0 Å². The van der Waals surface area contributed by atoms with E-state index in [9.17, 15) is 0 Å². The number of hydrogen-bond acceptors (Lipinski definition) is 2. The van der Waals surface area contributed by atoms with Crippen LogP contribution in [0.25, 0.3) is 33.0 Å². The molecule has 10 rings (SSSR count). The minimum Gasteiger partial charge on any atom is -0.310 e. The summed E-state index contributed by atoms with van der Waals surface area (Å²) >= 11 is 0. The molecule has 0 unspecified atom stereocenters. The van der Waals surface area contributed by atoms with Gasteiger partial charge in [-0.1, -0.05) is 131 Å². The van der Waals surface area contributed by atoms with Gasteiger partial charge in [-0.2, -0.15) is 0 Å². The van der Waals surface area contributed by atoms with Gasteiger partial charge in [-0.15, -0.1) is 0 Å². The molecule has 8 aromatic rings. The largest absolute Gasteiger partial charge is 0.310 e. The molecule has 0 saturated heterocycles. The third kappa shape index (κ3) is 4.80. The van der Waals surface area contributed by atoms with E-state index in [2.05, 4.69) is 219 Å². The molecule has 0 saturated carbocycles. The molecular weight excluding hydrogens is 653 g/mol. The Morgan fingerprint density at radius 2 is 0.741 bits per heavy atom. The van der Waals surface area contributed by atoms with Crippen LogP contribution < -0.4 is 9.80 Å². The lowest BCUT2D eigenvalue weighted by Crippen LogP contribution is -2.18. The average molecular weight is 695 g/mol. The highest BCUT2D eigenvalue weighted by Crippen LogP contribution is 2.59. The summed E-state index contributed by atoms with van der Waals surface area (Å²) in [6, 6.07) is 66.6. The fourth-order valence-corrected chi connectivity index (χ4v) is 9.28. The van der Waals surface area contributed by atoms with Crippen LogP contribution in [0.1, 0.15) is 49.9 Å². The molecule has 0 N–H and O–H groups in total. The first-order chi connectivity index (χ1) is 26.3. The van der Waals surface area contributed by atoms with Gasteiger partial charge in [0.2, 0.25) is 0 Å².